The average molecular weight is 230 g/mol. The second kappa shape index (κ2) is 4.31. The van der Waals surface area contributed by atoms with Crippen molar-refractivity contribution in [2.24, 2.45) is 0 Å². The predicted molar refractivity (Wildman–Crippen MR) is 65.0 cm³/mol. The van der Waals surface area contributed by atoms with Crippen molar-refractivity contribution in [1.29, 1.82) is 0 Å². The zero-order valence-corrected chi connectivity index (χ0v) is 9.34. The number of aliphatic hydroxyl groups is 1. The molecule has 2 atom stereocenters. The molecule has 1 saturated heterocycles. The maximum Gasteiger partial charge on any atom is 0.146 e. The highest BCUT2D eigenvalue weighted by Gasteiger charge is 2.27. The summed E-state index contributed by atoms with van der Waals surface area (Å²) < 4.78 is 5.83. The molecule has 4 heteroatoms. The van der Waals surface area contributed by atoms with Crippen molar-refractivity contribution in [3.8, 4) is 5.75 Å². The molecule has 2 heterocycles. The topological polar surface area (TPSA) is 54.4 Å². The number of rotatable bonds is 2. The van der Waals surface area contributed by atoms with Gasteiger partial charge in [0.15, 0.2) is 0 Å². The van der Waals surface area contributed by atoms with Gasteiger partial charge in [-0.15, -0.1) is 0 Å². The summed E-state index contributed by atoms with van der Waals surface area (Å²) in [6.07, 6.45) is 1.11. The van der Waals surface area contributed by atoms with E-state index in [2.05, 4.69) is 10.3 Å². The Morgan fingerprint density at radius 1 is 1.24 bits per heavy atom. The standard InChI is InChI=1S/C13H14N2O2/c16-10-7-14-8-12(10)17-11-5-1-3-9-4-2-6-15-13(9)11/h1-6,10,12,14,16H,7-8H2. The van der Waals surface area contributed by atoms with Crippen LogP contribution < -0.4 is 10.1 Å². The monoisotopic (exact) mass is 230 g/mol. The van der Waals surface area contributed by atoms with E-state index in [1.807, 2.05) is 30.3 Å². The van der Waals surface area contributed by atoms with E-state index in [4.69, 9.17) is 4.74 Å². The largest absolute Gasteiger partial charge is 0.484 e. The molecule has 0 aliphatic carbocycles. The molecule has 2 N–H and O–H groups in total. The minimum absolute atomic E-state index is 0.192. The van der Waals surface area contributed by atoms with Gasteiger partial charge in [0.1, 0.15) is 23.5 Å². The van der Waals surface area contributed by atoms with Gasteiger partial charge < -0.3 is 15.2 Å². The molecular weight excluding hydrogens is 216 g/mol. The second-order valence-corrected chi connectivity index (χ2v) is 4.21. The molecule has 0 bridgehead atoms. The normalized spacial score (nSPS) is 24.1. The average Bonchev–Trinajstić information content (AvgIpc) is 2.76. The number of para-hydroxylation sites is 1. The predicted octanol–water partition coefficient (Wildman–Crippen LogP) is 0.946. The smallest absolute Gasteiger partial charge is 0.146 e. The van der Waals surface area contributed by atoms with Crippen molar-refractivity contribution in [3.05, 3.63) is 36.5 Å². The molecule has 4 nitrogen and oxygen atoms in total. The van der Waals surface area contributed by atoms with Gasteiger partial charge in [-0.2, -0.15) is 0 Å². The number of fused-ring (bicyclic) bond motifs is 1. The molecule has 1 aliphatic rings. The number of hydrogen-bond acceptors (Lipinski definition) is 4. The quantitative estimate of drug-likeness (QED) is 0.806. The number of pyridine rings is 1. The SMILES string of the molecule is OC1CNCC1Oc1cccc2cccnc12. The van der Waals surface area contributed by atoms with Crippen LogP contribution in [0.2, 0.25) is 0 Å². The van der Waals surface area contributed by atoms with Crippen LogP contribution in [0.25, 0.3) is 10.9 Å². The van der Waals surface area contributed by atoms with Gasteiger partial charge in [0, 0.05) is 24.7 Å². The summed E-state index contributed by atoms with van der Waals surface area (Å²) in [5, 5.41) is 13.9. The highest BCUT2D eigenvalue weighted by molar-refractivity contribution is 5.84. The van der Waals surface area contributed by atoms with E-state index in [-0.39, 0.29) is 6.10 Å². The highest BCUT2D eigenvalue weighted by Crippen LogP contribution is 2.24. The summed E-state index contributed by atoms with van der Waals surface area (Å²) in [6.45, 7) is 1.26. The Morgan fingerprint density at radius 3 is 2.94 bits per heavy atom. The van der Waals surface area contributed by atoms with Gasteiger partial charge in [0.25, 0.3) is 0 Å². The third-order valence-corrected chi connectivity index (χ3v) is 3.00. The zero-order chi connectivity index (χ0) is 11.7. The molecule has 0 radical (unpaired) electrons. The van der Waals surface area contributed by atoms with E-state index in [0.717, 1.165) is 16.7 Å². The van der Waals surface area contributed by atoms with Gasteiger partial charge in [-0.25, -0.2) is 0 Å². The Hall–Kier alpha value is -1.65. The molecule has 88 valence electrons. The Morgan fingerprint density at radius 2 is 2.12 bits per heavy atom. The number of ether oxygens (including phenoxy) is 1. The number of benzene rings is 1. The van der Waals surface area contributed by atoms with Crippen molar-refractivity contribution >= 4 is 10.9 Å². The van der Waals surface area contributed by atoms with Crippen LogP contribution in [0, 0.1) is 0 Å². The van der Waals surface area contributed by atoms with Crippen LogP contribution in [-0.2, 0) is 0 Å². The number of nitrogens with one attached hydrogen (secondary N) is 1. The molecule has 1 aromatic heterocycles. The molecule has 1 aromatic carbocycles. The van der Waals surface area contributed by atoms with Gasteiger partial charge in [-0.3, -0.25) is 4.98 Å². The van der Waals surface area contributed by atoms with Crippen LogP contribution in [0.5, 0.6) is 5.75 Å². The summed E-state index contributed by atoms with van der Waals surface area (Å²) in [5.41, 5.74) is 0.842. The first-order chi connectivity index (χ1) is 8.34. The summed E-state index contributed by atoms with van der Waals surface area (Å²) in [6, 6.07) is 9.73. The molecule has 3 rings (SSSR count). The number of hydrogen-bond donors (Lipinski definition) is 2. The van der Waals surface area contributed by atoms with Crippen molar-refractivity contribution in [3.63, 3.8) is 0 Å². The Kier molecular flexibility index (Phi) is 2.66. The fourth-order valence-electron chi connectivity index (χ4n) is 2.10. The van der Waals surface area contributed by atoms with Crippen LogP contribution in [0.4, 0.5) is 0 Å². The molecule has 2 unspecified atom stereocenters. The molecule has 1 aliphatic heterocycles. The van der Waals surface area contributed by atoms with E-state index < -0.39 is 6.10 Å². The lowest BCUT2D eigenvalue weighted by molar-refractivity contribution is 0.0747. The molecule has 0 spiro atoms. The van der Waals surface area contributed by atoms with Crippen molar-refractivity contribution in [1.82, 2.24) is 10.3 Å². The lowest BCUT2D eigenvalue weighted by Gasteiger charge is -2.17. The maximum atomic E-state index is 9.71. The Bertz CT molecular complexity index is 524. The van der Waals surface area contributed by atoms with Crippen LogP contribution in [-0.4, -0.2) is 35.4 Å². The maximum absolute atomic E-state index is 9.71. The number of aromatic nitrogens is 1. The summed E-state index contributed by atoms with van der Waals surface area (Å²) in [5.74, 6) is 0.732. The lowest BCUT2D eigenvalue weighted by atomic mass is 10.2. The van der Waals surface area contributed by atoms with Crippen molar-refractivity contribution in [2.45, 2.75) is 12.2 Å². The van der Waals surface area contributed by atoms with Crippen LogP contribution >= 0.6 is 0 Å². The second-order valence-electron chi connectivity index (χ2n) is 4.21. The molecular formula is C13H14N2O2. The minimum Gasteiger partial charge on any atom is -0.484 e. The summed E-state index contributed by atoms with van der Waals surface area (Å²) >= 11 is 0. The van der Waals surface area contributed by atoms with Crippen LogP contribution in [0.3, 0.4) is 0 Å². The molecule has 0 saturated carbocycles. The van der Waals surface area contributed by atoms with E-state index in [1.165, 1.54) is 0 Å². The van der Waals surface area contributed by atoms with E-state index in [1.54, 1.807) is 6.20 Å². The Balaban J connectivity index is 1.94. The van der Waals surface area contributed by atoms with Crippen molar-refractivity contribution < 1.29 is 9.84 Å². The van der Waals surface area contributed by atoms with Crippen LogP contribution in [0.1, 0.15) is 0 Å². The highest BCUT2D eigenvalue weighted by atomic mass is 16.5. The van der Waals surface area contributed by atoms with E-state index in [0.29, 0.717) is 13.1 Å². The summed E-state index contributed by atoms with van der Waals surface area (Å²) in [4.78, 5) is 4.32. The van der Waals surface area contributed by atoms with Gasteiger partial charge in [0.2, 0.25) is 0 Å². The first-order valence-corrected chi connectivity index (χ1v) is 5.74. The van der Waals surface area contributed by atoms with Gasteiger partial charge in [0.05, 0.1) is 0 Å². The number of β-amino-alcohol motifs (C(OH)–C–C–N with tert-alkyl or cyclic N) is 1. The molecule has 0 amide bonds. The fourth-order valence-corrected chi connectivity index (χ4v) is 2.10. The number of aliphatic hydroxyl groups excluding tert-OH is 1. The van der Waals surface area contributed by atoms with E-state index >= 15 is 0 Å². The third kappa shape index (κ3) is 1.97. The molecule has 1 fully saturated rings. The first kappa shape index (κ1) is 10.5. The lowest BCUT2D eigenvalue weighted by Crippen LogP contribution is -2.29. The zero-order valence-electron chi connectivity index (χ0n) is 9.34. The molecule has 17 heavy (non-hydrogen) atoms. The first-order valence-electron chi connectivity index (χ1n) is 5.74. The third-order valence-electron chi connectivity index (χ3n) is 3.00. The minimum atomic E-state index is -0.450. The van der Waals surface area contributed by atoms with Crippen molar-refractivity contribution in [2.75, 3.05) is 13.1 Å². The van der Waals surface area contributed by atoms with E-state index in [9.17, 15) is 5.11 Å². The van der Waals surface area contributed by atoms with Gasteiger partial charge >= 0.3 is 0 Å². The molecule has 2 aromatic rings. The Labute approximate surface area is 99.2 Å². The summed E-state index contributed by atoms with van der Waals surface area (Å²) in [7, 11) is 0. The van der Waals surface area contributed by atoms with Gasteiger partial charge in [-0.1, -0.05) is 18.2 Å². The van der Waals surface area contributed by atoms with Gasteiger partial charge in [-0.05, 0) is 12.1 Å². The number of nitrogens with zero attached hydrogens (tertiary/aromatic N) is 1. The van der Waals surface area contributed by atoms with Crippen LogP contribution in [0.15, 0.2) is 36.5 Å². The fraction of sp³-hybridized carbons (Fsp3) is 0.308.